The van der Waals surface area contributed by atoms with Gasteiger partial charge in [0.2, 0.25) is 5.95 Å². The first kappa shape index (κ1) is 20.9. The number of halogens is 1. The first-order valence-electron chi connectivity index (χ1n) is 10.4. The average molecular weight is 423 g/mol. The SMILES string of the molecule is CN1CCC(COc2ccc(Nc3ncc(F)c(Nc4cccc(N)c4)n3)cc2)CC1. The second kappa shape index (κ2) is 9.61. The molecular weight excluding hydrogens is 395 g/mol. The largest absolute Gasteiger partial charge is 0.493 e. The van der Waals surface area contributed by atoms with Crippen molar-refractivity contribution in [3.8, 4) is 5.75 Å². The number of likely N-dealkylation sites (tertiary alicyclic amines) is 1. The van der Waals surface area contributed by atoms with Crippen LogP contribution in [0.3, 0.4) is 0 Å². The summed E-state index contributed by atoms with van der Waals surface area (Å²) in [6, 6.07) is 14.6. The zero-order chi connectivity index (χ0) is 21.6. The summed E-state index contributed by atoms with van der Waals surface area (Å²) in [5.41, 5.74) is 7.79. The standard InChI is InChI=1S/C23H27FN6O/c1-30-11-9-16(10-12-30)15-31-20-7-5-18(6-8-20)28-23-26-14-21(24)22(29-23)27-19-4-2-3-17(25)13-19/h2-8,13-14,16H,9-12,15,25H2,1H3,(H2,26,27,28,29). The minimum absolute atomic E-state index is 0.0705. The maximum Gasteiger partial charge on any atom is 0.229 e. The van der Waals surface area contributed by atoms with Crippen molar-refractivity contribution < 1.29 is 9.13 Å². The Labute approximate surface area is 181 Å². The Bertz CT molecular complexity index is 1010. The number of ether oxygens (including phenoxy) is 1. The molecule has 162 valence electrons. The van der Waals surface area contributed by atoms with Gasteiger partial charge in [-0.15, -0.1) is 0 Å². The van der Waals surface area contributed by atoms with Crippen LogP contribution >= 0.6 is 0 Å². The van der Waals surface area contributed by atoms with Crippen molar-refractivity contribution in [3.05, 3.63) is 60.5 Å². The Morgan fingerprint density at radius 1 is 1.10 bits per heavy atom. The van der Waals surface area contributed by atoms with Gasteiger partial charge in [-0.3, -0.25) is 0 Å². The van der Waals surface area contributed by atoms with Crippen LogP contribution in [0.2, 0.25) is 0 Å². The maximum absolute atomic E-state index is 14.1. The molecule has 1 aromatic heterocycles. The van der Waals surface area contributed by atoms with Gasteiger partial charge >= 0.3 is 0 Å². The fourth-order valence-electron chi connectivity index (χ4n) is 3.47. The number of piperidine rings is 1. The molecule has 1 aliphatic rings. The van der Waals surface area contributed by atoms with Gasteiger partial charge in [-0.1, -0.05) is 6.07 Å². The van der Waals surface area contributed by atoms with Crippen LogP contribution in [0.25, 0.3) is 0 Å². The molecule has 1 aliphatic heterocycles. The first-order chi connectivity index (χ1) is 15.0. The second-order valence-electron chi connectivity index (χ2n) is 7.85. The van der Waals surface area contributed by atoms with Crippen LogP contribution in [0.4, 0.5) is 33.2 Å². The van der Waals surface area contributed by atoms with E-state index >= 15 is 0 Å². The molecule has 1 fully saturated rings. The summed E-state index contributed by atoms with van der Waals surface area (Å²) in [6.45, 7) is 2.99. The van der Waals surface area contributed by atoms with E-state index in [4.69, 9.17) is 10.5 Å². The molecule has 0 radical (unpaired) electrons. The number of hydrogen-bond acceptors (Lipinski definition) is 7. The van der Waals surface area contributed by atoms with Crippen LogP contribution < -0.4 is 21.1 Å². The summed E-state index contributed by atoms with van der Waals surface area (Å²) in [5, 5.41) is 6.02. The molecule has 3 aromatic rings. The van der Waals surface area contributed by atoms with E-state index < -0.39 is 5.82 Å². The topological polar surface area (TPSA) is 88.3 Å². The van der Waals surface area contributed by atoms with E-state index in [9.17, 15) is 4.39 Å². The molecule has 2 aromatic carbocycles. The van der Waals surface area contributed by atoms with E-state index in [0.717, 1.165) is 37.3 Å². The third-order valence-electron chi connectivity index (χ3n) is 5.33. The number of benzene rings is 2. The van der Waals surface area contributed by atoms with Crippen molar-refractivity contribution in [2.75, 3.05) is 43.1 Å². The molecule has 2 heterocycles. The van der Waals surface area contributed by atoms with Gasteiger partial charge in [0, 0.05) is 17.1 Å². The molecule has 0 bridgehead atoms. The van der Waals surface area contributed by atoms with Crippen molar-refractivity contribution >= 4 is 28.8 Å². The summed E-state index contributed by atoms with van der Waals surface area (Å²) >= 11 is 0. The van der Waals surface area contributed by atoms with Crippen molar-refractivity contribution in [3.63, 3.8) is 0 Å². The number of nitrogens with zero attached hydrogens (tertiary/aromatic N) is 3. The lowest BCUT2D eigenvalue weighted by Crippen LogP contribution is -2.32. The van der Waals surface area contributed by atoms with Gasteiger partial charge in [0.25, 0.3) is 0 Å². The minimum Gasteiger partial charge on any atom is -0.493 e. The molecule has 0 spiro atoms. The van der Waals surface area contributed by atoms with Crippen molar-refractivity contribution in [1.82, 2.24) is 14.9 Å². The molecule has 4 rings (SSSR count). The smallest absolute Gasteiger partial charge is 0.229 e. The molecule has 7 nitrogen and oxygen atoms in total. The highest BCUT2D eigenvalue weighted by Crippen LogP contribution is 2.24. The third kappa shape index (κ3) is 5.82. The summed E-state index contributed by atoms with van der Waals surface area (Å²) in [5.74, 6) is 1.24. The van der Waals surface area contributed by atoms with Gasteiger partial charge in [0.05, 0.1) is 12.8 Å². The highest BCUT2D eigenvalue weighted by molar-refractivity contribution is 5.63. The lowest BCUT2D eigenvalue weighted by Gasteiger charge is -2.28. The molecule has 0 atom stereocenters. The Balaban J connectivity index is 1.35. The van der Waals surface area contributed by atoms with E-state index in [-0.39, 0.29) is 11.8 Å². The highest BCUT2D eigenvalue weighted by Gasteiger charge is 2.17. The normalized spacial score (nSPS) is 14.9. The van der Waals surface area contributed by atoms with Gasteiger partial charge in [-0.2, -0.15) is 4.98 Å². The number of anilines is 5. The highest BCUT2D eigenvalue weighted by atomic mass is 19.1. The van der Waals surface area contributed by atoms with E-state index in [1.165, 1.54) is 12.8 Å². The van der Waals surface area contributed by atoms with E-state index in [1.54, 1.807) is 24.3 Å². The molecular formula is C23H27FN6O. The molecule has 0 saturated carbocycles. The third-order valence-corrected chi connectivity index (χ3v) is 5.33. The lowest BCUT2D eigenvalue weighted by molar-refractivity contribution is 0.160. The number of aromatic nitrogens is 2. The fourth-order valence-corrected chi connectivity index (χ4v) is 3.47. The van der Waals surface area contributed by atoms with Crippen molar-refractivity contribution in [2.45, 2.75) is 12.8 Å². The van der Waals surface area contributed by atoms with E-state index in [1.807, 2.05) is 24.3 Å². The number of hydrogen-bond donors (Lipinski definition) is 3. The van der Waals surface area contributed by atoms with Gasteiger partial charge in [-0.25, -0.2) is 9.37 Å². The Morgan fingerprint density at radius 3 is 2.61 bits per heavy atom. The van der Waals surface area contributed by atoms with Crippen LogP contribution in [-0.4, -0.2) is 41.6 Å². The molecule has 31 heavy (non-hydrogen) atoms. The van der Waals surface area contributed by atoms with Gasteiger partial charge in [-0.05, 0) is 81.4 Å². The minimum atomic E-state index is -0.550. The summed E-state index contributed by atoms with van der Waals surface area (Å²) in [7, 11) is 2.16. The van der Waals surface area contributed by atoms with Gasteiger partial charge in [0.15, 0.2) is 11.6 Å². The number of nitrogens with two attached hydrogens (primary N) is 1. The van der Waals surface area contributed by atoms with Crippen LogP contribution in [0.5, 0.6) is 5.75 Å². The average Bonchev–Trinajstić information content (AvgIpc) is 2.77. The second-order valence-corrected chi connectivity index (χ2v) is 7.85. The molecule has 1 saturated heterocycles. The monoisotopic (exact) mass is 422 g/mol. The van der Waals surface area contributed by atoms with Crippen LogP contribution in [0.1, 0.15) is 12.8 Å². The van der Waals surface area contributed by atoms with Crippen LogP contribution in [-0.2, 0) is 0 Å². The molecule has 8 heteroatoms. The van der Waals surface area contributed by atoms with Crippen molar-refractivity contribution in [2.24, 2.45) is 5.92 Å². The lowest BCUT2D eigenvalue weighted by atomic mass is 9.98. The fraction of sp³-hybridized carbons (Fsp3) is 0.304. The summed E-state index contributed by atoms with van der Waals surface area (Å²) in [6.07, 6.45) is 3.47. The molecule has 0 aliphatic carbocycles. The quantitative estimate of drug-likeness (QED) is 0.486. The Kier molecular flexibility index (Phi) is 6.47. The predicted molar refractivity (Wildman–Crippen MR) is 122 cm³/mol. The zero-order valence-electron chi connectivity index (χ0n) is 17.5. The summed E-state index contributed by atoms with van der Waals surface area (Å²) in [4.78, 5) is 10.6. The van der Waals surface area contributed by atoms with Crippen molar-refractivity contribution in [1.29, 1.82) is 0 Å². The number of nitrogen functional groups attached to an aromatic ring is 1. The predicted octanol–water partition coefficient (Wildman–Crippen LogP) is 4.41. The Morgan fingerprint density at radius 2 is 1.87 bits per heavy atom. The maximum atomic E-state index is 14.1. The summed E-state index contributed by atoms with van der Waals surface area (Å²) < 4.78 is 20.1. The molecule has 0 unspecified atom stereocenters. The Hall–Kier alpha value is -3.39. The zero-order valence-corrected chi connectivity index (χ0v) is 17.5. The van der Waals surface area contributed by atoms with E-state index in [2.05, 4.69) is 32.5 Å². The molecule has 0 amide bonds. The van der Waals surface area contributed by atoms with Gasteiger partial charge in [0.1, 0.15) is 5.75 Å². The number of nitrogens with one attached hydrogen (secondary N) is 2. The van der Waals surface area contributed by atoms with Crippen LogP contribution in [0.15, 0.2) is 54.7 Å². The van der Waals surface area contributed by atoms with Gasteiger partial charge < -0.3 is 26.0 Å². The van der Waals surface area contributed by atoms with Crippen LogP contribution in [0, 0.1) is 11.7 Å². The first-order valence-corrected chi connectivity index (χ1v) is 10.4. The van der Waals surface area contributed by atoms with E-state index in [0.29, 0.717) is 17.3 Å². The number of rotatable bonds is 7. The molecule has 4 N–H and O–H groups in total.